The molecule has 24 heavy (non-hydrogen) atoms. The third kappa shape index (κ3) is 4.73. The number of thiazole rings is 1. The molecule has 3 rings (SSSR count). The molecule has 2 aromatic rings. The van der Waals surface area contributed by atoms with Crippen molar-refractivity contribution in [1.82, 2.24) is 15.3 Å². The molecule has 0 aliphatic carbocycles. The van der Waals surface area contributed by atoms with Gasteiger partial charge in [0.15, 0.2) is 5.13 Å². The van der Waals surface area contributed by atoms with E-state index in [0.717, 1.165) is 23.6 Å². The van der Waals surface area contributed by atoms with Crippen molar-refractivity contribution < 1.29 is 9.59 Å². The minimum Gasteiger partial charge on any atom is -0.364 e. The Kier molecular flexibility index (Phi) is 6.67. The average molecular weight is 388 g/mol. The summed E-state index contributed by atoms with van der Waals surface area (Å²) >= 11 is 3.21. The molecule has 0 saturated carbocycles. The first-order chi connectivity index (χ1) is 11.1. The lowest BCUT2D eigenvalue weighted by Crippen LogP contribution is -2.39. The predicted molar refractivity (Wildman–Crippen MR) is 100 cm³/mol. The Labute approximate surface area is 153 Å². The molecule has 130 valence electrons. The average Bonchev–Trinajstić information content (AvgIpc) is 3.16. The van der Waals surface area contributed by atoms with E-state index in [2.05, 4.69) is 20.6 Å². The van der Waals surface area contributed by atoms with Crippen molar-refractivity contribution in [2.24, 2.45) is 5.73 Å². The molecule has 5 N–H and O–H groups in total. The highest BCUT2D eigenvalue weighted by Crippen LogP contribution is 2.25. The number of carbonyl (C=O) groups excluding carboxylic acids is 2. The number of aromatic amines is 1. The van der Waals surface area contributed by atoms with Gasteiger partial charge in [-0.25, -0.2) is 4.98 Å². The van der Waals surface area contributed by atoms with Crippen LogP contribution >= 0.6 is 35.5 Å². The molecule has 2 aromatic heterocycles. The van der Waals surface area contributed by atoms with Crippen LogP contribution in [0.5, 0.6) is 0 Å². The fourth-order valence-electron chi connectivity index (χ4n) is 2.29. The van der Waals surface area contributed by atoms with Gasteiger partial charge >= 0.3 is 0 Å². The number of H-pyrrole nitrogens is 1. The van der Waals surface area contributed by atoms with E-state index >= 15 is 0 Å². The van der Waals surface area contributed by atoms with Crippen LogP contribution in [0, 0.1) is 0 Å². The number of hydrogen-bond donors (Lipinski definition) is 4. The number of aromatic nitrogens is 2. The first-order valence-corrected chi connectivity index (χ1v) is 9.20. The Bertz CT molecular complexity index is 712. The van der Waals surface area contributed by atoms with Gasteiger partial charge in [0.05, 0.1) is 5.69 Å². The zero-order valence-electron chi connectivity index (χ0n) is 12.7. The van der Waals surface area contributed by atoms with Crippen LogP contribution in [0.15, 0.2) is 17.6 Å². The number of nitrogens with zero attached hydrogens (tertiary/aromatic N) is 1. The number of carbonyl (C=O) groups is 2. The molecule has 0 spiro atoms. The van der Waals surface area contributed by atoms with E-state index in [4.69, 9.17) is 5.73 Å². The number of nitrogens with one attached hydrogen (secondary N) is 3. The monoisotopic (exact) mass is 387 g/mol. The summed E-state index contributed by atoms with van der Waals surface area (Å²) in [7, 11) is 0. The SMILES string of the molecule is Cl.NC(=O)c1cc(-c2csc(NC(=O)CC3CSCCN3)n2)c[nH]1. The smallest absolute Gasteiger partial charge is 0.265 e. The molecule has 10 heteroatoms. The van der Waals surface area contributed by atoms with Crippen LogP contribution in [0.3, 0.4) is 0 Å². The van der Waals surface area contributed by atoms with Crippen molar-refractivity contribution in [2.45, 2.75) is 12.5 Å². The molecule has 1 fully saturated rings. The molecule has 1 atom stereocenters. The van der Waals surface area contributed by atoms with Crippen molar-refractivity contribution in [3.8, 4) is 11.3 Å². The van der Waals surface area contributed by atoms with Crippen molar-refractivity contribution in [2.75, 3.05) is 23.4 Å². The quantitative estimate of drug-likeness (QED) is 0.623. The van der Waals surface area contributed by atoms with Gasteiger partial charge < -0.3 is 21.4 Å². The molecule has 7 nitrogen and oxygen atoms in total. The van der Waals surface area contributed by atoms with Gasteiger partial charge in [0.1, 0.15) is 5.69 Å². The number of rotatable bonds is 5. The molecule has 0 bridgehead atoms. The molecule has 1 aliphatic rings. The van der Waals surface area contributed by atoms with Gasteiger partial charge in [0, 0.05) is 47.7 Å². The van der Waals surface area contributed by atoms with Crippen LogP contribution in [0.25, 0.3) is 11.3 Å². The largest absolute Gasteiger partial charge is 0.364 e. The zero-order chi connectivity index (χ0) is 16.2. The van der Waals surface area contributed by atoms with Crippen LogP contribution in [0.1, 0.15) is 16.9 Å². The molecule has 0 aromatic carbocycles. The second-order valence-corrected chi connectivity index (χ2v) is 7.19. The number of halogens is 1. The van der Waals surface area contributed by atoms with Gasteiger partial charge in [-0.15, -0.1) is 23.7 Å². The van der Waals surface area contributed by atoms with Crippen LogP contribution in [0.4, 0.5) is 5.13 Å². The highest BCUT2D eigenvalue weighted by molar-refractivity contribution is 7.99. The van der Waals surface area contributed by atoms with E-state index in [1.807, 2.05) is 17.1 Å². The van der Waals surface area contributed by atoms with E-state index in [0.29, 0.717) is 22.9 Å². The van der Waals surface area contributed by atoms with Crippen LogP contribution < -0.4 is 16.4 Å². The summed E-state index contributed by atoms with van der Waals surface area (Å²) in [5.74, 6) is 1.49. The summed E-state index contributed by atoms with van der Waals surface area (Å²) in [6.07, 6.45) is 2.11. The van der Waals surface area contributed by atoms with Gasteiger partial charge in [-0.3, -0.25) is 9.59 Å². The van der Waals surface area contributed by atoms with Crippen molar-refractivity contribution >= 4 is 52.5 Å². The molecule has 1 saturated heterocycles. The van der Waals surface area contributed by atoms with Crippen LogP contribution in [0.2, 0.25) is 0 Å². The number of nitrogens with two attached hydrogens (primary N) is 1. The fourth-order valence-corrected chi connectivity index (χ4v) is 3.98. The molecule has 3 heterocycles. The first kappa shape index (κ1) is 18.8. The molecule has 1 aliphatic heterocycles. The minimum absolute atomic E-state index is 0. The first-order valence-electron chi connectivity index (χ1n) is 7.17. The van der Waals surface area contributed by atoms with E-state index in [1.165, 1.54) is 11.3 Å². The maximum absolute atomic E-state index is 12.1. The van der Waals surface area contributed by atoms with Gasteiger partial charge in [0.2, 0.25) is 5.91 Å². The lowest BCUT2D eigenvalue weighted by atomic mass is 10.2. The Balaban J connectivity index is 0.00000208. The fraction of sp³-hybridized carbons (Fsp3) is 0.357. The summed E-state index contributed by atoms with van der Waals surface area (Å²) in [6.45, 7) is 0.944. The third-order valence-electron chi connectivity index (χ3n) is 3.43. The molecular weight excluding hydrogens is 370 g/mol. The Morgan fingerprint density at radius 3 is 2.96 bits per heavy atom. The Morgan fingerprint density at radius 2 is 2.29 bits per heavy atom. The van der Waals surface area contributed by atoms with Crippen molar-refractivity contribution in [1.29, 1.82) is 0 Å². The summed E-state index contributed by atoms with van der Waals surface area (Å²) in [5.41, 5.74) is 7.00. The lowest BCUT2D eigenvalue weighted by Gasteiger charge is -2.22. The van der Waals surface area contributed by atoms with Gasteiger partial charge in [-0.05, 0) is 6.07 Å². The highest BCUT2D eigenvalue weighted by Gasteiger charge is 2.17. The number of primary amides is 1. The molecule has 0 radical (unpaired) electrons. The maximum Gasteiger partial charge on any atom is 0.265 e. The second kappa shape index (κ2) is 8.52. The van der Waals surface area contributed by atoms with Gasteiger partial charge in [0.25, 0.3) is 5.91 Å². The zero-order valence-corrected chi connectivity index (χ0v) is 15.2. The summed E-state index contributed by atoms with van der Waals surface area (Å²) in [4.78, 5) is 30.3. The normalized spacial score (nSPS) is 17.1. The van der Waals surface area contributed by atoms with Gasteiger partial charge in [-0.1, -0.05) is 0 Å². The number of thioether (sulfide) groups is 1. The molecular formula is C14H18ClN5O2S2. The summed E-state index contributed by atoms with van der Waals surface area (Å²) in [5, 5.41) is 8.54. The molecule has 2 amide bonds. The topological polar surface area (TPSA) is 113 Å². The predicted octanol–water partition coefficient (Wildman–Crippen LogP) is 1.69. The number of amides is 2. The third-order valence-corrected chi connectivity index (χ3v) is 5.31. The molecule has 1 unspecified atom stereocenters. The van der Waals surface area contributed by atoms with Crippen molar-refractivity contribution in [3.05, 3.63) is 23.3 Å². The summed E-state index contributed by atoms with van der Waals surface area (Å²) in [6, 6.07) is 1.86. The minimum atomic E-state index is -0.516. The maximum atomic E-state index is 12.1. The Hall–Kier alpha value is -1.55. The van der Waals surface area contributed by atoms with E-state index in [1.54, 1.807) is 12.3 Å². The van der Waals surface area contributed by atoms with E-state index in [9.17, 15) is 9.59 Å². The highest BCUT2D eigenvalue weighted by atomic mass is 35.5. The lowest BCUT2D eigenvalue weighted by molar-refractivity contribution is -0.116. The summed E-state index contributed by atoms with van der Waals surface area (Å²) < 4.78 is 0. The Morgan fingerprint density at radius 1 is 1.46 bits per heavy atom. The number of hydrogen-bond acceptors (Lipinski definition) is 6. The van der Waals surface area contributed by atoms with E-state index in [-0.39, 0.29) is 24.4 Å². The van der Waals surface area contributed by atoms with Crippen LogP contribution in [-0.2, 0) is 4.79 Å². The standard InChI is InChI=1S/C14H17N5O2S2.ClH/c15-13(21)10-3-8(5-17-10)11-7-23-14(18-11)19-12(20)4-9-6-22-2-1-16-9;/h3,5,7,9,16-17H,1-2,4,6H2,(H2,15,21)(H,18,19,20);1H. The van der Waals surface area contributed by atoms with Crippen molar-refractivity contribution in [3.63, 3.8) is 0 Å². The van der Waals surface area contributed by atoms with Crippen LogP contribution in [-0.4, -0.2) is 45.9 Å². The van der Waals surface area contributed by atoms with Gasteiger partial charge in [-0.2, -0.15) is 11.8 Å². The number of anilines is 1. The second-order valence-electron chi connectivity index (χ2n) is 5.18. The van der Waals surface area contributed by atoms with E-state index < -0.39 is 5.91 Å².